The normalized spacial score (nSPS) is 10.1. The summed E-state index contributed by atoms with van der Waals surface area (Å²) < 4.78 is 5.44. The molecule has 94 valence electrons. The predicted octanol–water partition coefficient (Wildman–Crippen LogP) is 1.53. The molecule has 1 amide bonds. The van der Waals surface area contributed by atoms with Gasteiger partial charge in [-0.15, -0.1) is 5.10 Å². The van der Waals surface area contributed by atoms with Crippen molar-refractivity contribution in [2.24, 2.45) is 0 Å². The van der Waals surface area contributed by atoms with Crippen molar-refractivity contribution < 1.29 is 14.6 Å². The van der Waals surface area contributed by atoms with E-state index >= 15 is 0 Å². The van der Waals surface area contributed by atoms with Crippen LogP contribution in [0.3, 0.4) is 0 Å². The van der Waals surface area contributed by atoms with Crippen LogP contribution in [0.25, 0.3) is 0 Å². The summed E-state index contributed by atoms with van der Waals surface area (Å²) in [7, 11) is 1.41. The van der Waals surface area contributed by atoms with E-state index in [1.165, 1.54) is 19.2 Å². The maximum atomic E-state index is 11.8. The zero-order valence-electron chi connectivity index (χ0n) is 9.27. The lowest BCUT2D eigenvalue weighted by molar-refractivity contribution is 0.102. The Balaban J connectivity index is 2.16. The quantitative estimate of drug-likeness (QED) is 0.798. The molecular weight excluding hydrogens is 304 g/mol. The van der Waals surface area contributed by atoms with Crippen molar-refractivity contribution in [1.82, 2.24) is 15.2 Å². The van der Waals surface area contributed by atoms with E-state index < -0.39 is 5.91 Å². The SMILES string of the molecule is COc1n[nH]c(NC(=O)c2ccc(Br)cc2O)n1. The number of aromatic hydroxyl groups is 1. The molecule has 7 nitrogen and oxygen atoms in total. The van der Waals surface area contributed by atoms with Crippen LogP contribution in [-0.4, -0.2) is 33.3 Å². The molecule has 0 aliphatic carbocycles. The van der Waals surface area contributed by atoms with Crippen molar-refractivity contribution in [1.29, 1.82) is 0 Å². The van der Waals surface area contributed by atoms with Crippen molar-refractivity contribution in [2.75, 3.05) is 12.4 Å². The van der Waals surface area contributed by atoms with E-state index in [4.69, 9.17) is 4.74 Å². The van der Waals surface area contributed by atoms with Crippen LogP contribution in [0, 0.1) is 0 Å². The molecular formula is C10H9BrN4O3. The molecule has 2 rings (SSSR count). The van der Waals surface area contributed by atoms with Gasteiger partial charge in [0.2, 0.25) is 5.95 Å². The average molecular weight is 313 g/mol. The van der Waals surface area contributed by atoms with Crippen molar-refractivity contribution in [2.45, 2.75) is 0 Å². The number of hydrogen-bond donors (Lipinski definition) is 3. The molecule has 3 N–H and O–H groups in total. The number of carbonyl (C=O) groups excluding carboxylic acids is 1. The van der Waals surface area contributed by atoms with Crippen molar-refractivity contribution in [3.8, 4) is 11.8 Å². The Hall–Kier alpha value is -2.09. The van der Waals surface area contributed by atoms with Crippen molar-refractivity contribution in [3.63, 3.8) is 0 Å². The second-order valence-corrected chi connectivity index (χ2v) is 4.20. The minimum Gasteiger partial charge on any atom is -0.507 e. The third-order valence-corrected chi connectivity index (χ3v) is 2.58. The summed E-state index contributed by atoms with van der Waals surface area (Å²) in [5, 5.41) is 18.2. The number of nitrogens with one attached hydrogen (secondary N) is 2. The molecule has 0 unspecified atom stereocenters. The molecule has 0 aliphatic heterocycles. The average Bonchev–Trinajstić information content (AvgIpc) is 2.76. The van der Waals surface area contributed by atoms with Crippen LogP contribution < -0.4 is 10.1 Å². The Morgan fingerprint density at radius 3 is 2.94 bits per heavy atom. The van der Waals surface area contributed by atoms with Gasteiger partial charge in [-0.25, -0.2) is 5.10 Å². The number of aromatic amines is 1. The Labute approximate surface area is 110 Å². The third-order valence-electron chi connectivity index (χ3n) is 2.08. The zero-order chi connectivity index (χ0) is 13.1. The first-order valence-corrected chi connectivity index (χ1v) is 5.65. The molecule has 1 aromatic carbocycles. The van der Waals surface area contributed by atoms with Crippen LogP contribution in [0.15, 0.2) is 22.7 Å². The number of H-pyrrole nitrogens is 1. The highest BCUT2D eigenvalue weighted by Gasteiger charge is 2.13. The maximum Gasteiger partial charge on any atom is 0.336 e. The summed E-state index contributed by atoms with van der Waals surface area (Å²) in [4.78, 5) is 15.7. The van der Waals surface area contributed by atoms with E-state index in [1.807, 2.05) is 0 Å². The third kappa shape index (κ3) is 2.59. The molecule has 1 heterocycles. The van der Waals surface area contributed by atoms with Gasteiger partial charge in [-0.3, -0.25) is 10.1 Å². The monoisotopic (exact) mass is 312 g/mol. The number of halogens is 1. The number of phenolic OH excluding ortho intramolecular Hbond substituents is 1. The Kier molecular flexibility index (Phi) is 3.47. The minimum absolute atomic E-state index is 0.116. The predicted molar refractivity (Wildman–Crippen MR) is 66.7 cm³/mol. The van der Waals surface area contributed by atoms with Gasteiger partial charge in [-0.2, -0.15) is 4.98 Å². The fourth-order valence-corrected chi connectivity index (χ4v) is 1.61. The summed E-state index contributed by atoms with van der Waals surface area (Å²) in [5.74, 6) is -0.494. The molecule has 0 radical (unpaired) electrons. The number of benzene rings is 1. The topological polar surface area (TPSA) is 100 Å². The standard InChI is InChI=1S/C10H9BrN4O3/c1-18-10-13-9(14-15-10)12-8(17)6-3-2-5(11)4-7(6)16/h2-4,16H,1H3,(H2,12,13,14,15,17). The van der Waals surface area contributed by atoms with Gasteiger partial charge in [0, 0.05) is 4.47 Å². The first-order valence-electron chi connectivity index (χ1n) is 4.86. The molecule has 0 saturated carbocycles. The lowest BCUT2D eigenvalue weighted by atomic mass is 10.2. The van der Waals surface area contributed by atoms with Gasteiger partial charge in [-0.1, -0.05) is 15.9 Å². The summed E-state index contributed by atoms with van der Waals surface area (Å²) >= 11 is 3.19. The lowest BCUT2D eigenvalue weighted by Crippen LogP contribution is -2.13. The Morgan fingerprint density at radius 2 is 2.33 bits per heavy atom. The van der Waals surface area contributed by atoms with Gasteiger partial charge in [0.25, 0.3) is 5.91 Å². The van der Waals surface area contributed by atoms with Crippen LogP contribution in [0.4, 0.5) is 5.95 Å². The van der Waals surface area contributed by atoms with Crippen LogP contribution in [0.2, 0.25) is 0 Å². The molecule has 0 atom stereocenters. The molecule has 18 heavy (non-hydrogen) atoms. The van der Waals surface area contributed by atoms with E-state index in [0.29, 0.717) is 4.47 Å². The van der Waals surface area contributed by atoms with E-state index in [9.17, 15) is 9.90 Å². The fourth-order valence-electron chi connectivity index (χ4n) is 1.27. The van der Waals surface area contributed by atoms with Crippen LogP contribution >= 0.6 is 15.9 Å². The number of aromatic nitrogens is 3. The van der Waals surface area contributed by atoms with E-state index in [0.717, 1.165) is 0 Å². The van der Waals surface area contributed by atoms with Crippen molar-refractivity contribution >= 4 is 27.8 Å². The molecule has 8 heteroatoms. The number of ether oxygens (including phenoxy) is 1. The number of rotatable bonds is 3. The number of hydrogen-bond acceptors (Lipinski definition) is 5. The molecule has 0 bridgehead atoms. The van der Waals surface area contributed by atoms with Gasteiger partial charge >= 0.3 is 6.01 Å². The Morgan fingerprint density at radius 1 is 1.56 bits per heavy atom. The zero-order valence-corrected chi connectivity index (χ0v) is 10.9. The number of carbonyl (C=O) groups is 1. The van der Waals surface area contributed by atoms with Crippen LogP contribution in [0.1, 0.15) is 10.4 Å². The van der Waals surface area contributed by atoms with Gasteiger partial charge in [0.05, 0.1) is 12.7 Å². The van der Waals surface area contributed by atoms with Gasteiger partial charge < -0.3 is 9.84 Å². The smallest absolute Gasteiger partial charge is 0.336 e. The van der Waals surface area contributed by atoms with Crippen LogP contribution in [-0.2, 0) is 0 Å². The van der Waals surface area contributed by atoms with Crippen molar-refractivity contribution in [3.05, 3.63) is 28.2 Å². The number of nitrogens with zero attached hydrogens (tertiary/aromatic N) is 2. The number of amides is 1. The summed E-state index contributed by atoms with van der Waals surface area (Å²) in [5.41, 5.74) is 0.133. The molecule has 0 fully saturated rings. The lowest BCUT2D eigenvalue weighted by Gasteiger charge is -2.04. The van der Waals surface area contributed by atoms with Gasteiger partial charge in [0.1, 0.15) is 5.75 Å². The number of methoxy groups -OCH3 is 1. The molecule has 0 spiro atoms. The minimum atomic E-state index is -0.501. The van der Waals surface area contributed by atoms with E-state index in [-0.39, 0.29) is 23.3 Å². The second-order valence-electron chi connectivity index (χ2n) is 3.29. The fraction of sp³-hybridized carbons (Fsp3) is 0.100. The number of phenols is 1. The van der Waals surface area contributed by atoms with Gasteiger partial charge in [-0.05, 0) is 18.2 Å². The first-order chi connectivity index (χ1) is 8.60. The summed E-state index contributed by atoms with van der Waals surface area (Å²) in [6.07, 6.45) is 0. The highest BCUT2D eigenvalue weighted by atomic mass is 79.9. The second kappa shape index (κ2) is 5.05. The molecule has 0 saturated heterocycles. The molecule has 1 aromatic heterocycles. The summed E-state index contributed by atoms with van der Waals surface area (Å²) in [6.45, 7) is 0. The Bertz CT molecular complexity index is 584. The van der Waals surface area contributed by atoms with Crippen LogP contribution in [0.5, 0.6) is 11.8 Å². The van der Waals surface area contributed by atoms with Gasteiger partial charge in [0.15, 0.2) is 0 Å². The first kappa shape index (κ1) is 12.4. The summed E-state index contributed by atoms with van der Waals surface area (Å²) in [6, 6.07) is 4.68. The molecule has 0 aliphatic rings. The molecule has 2 aromatic rings. The highest BCUT2D eigenvalue weighted by Crippen LogP contribution is 2.22. The largest absolute Gasteiger partial charge is 0.507 e. The maximum absolute atomic E-state index is 11.8. The number of anilines is 1. The van der Waals surface area contributed by atoms with E-state index in [1.54, 1.807) is 6.07 Å². The van der Waals surface area contributed by atoms with E-state index in [2.05, 4.69) is 36.4 Å². The highest BCUT2D eigenvalue weighted by molar-refractivity contribution is 9.10.